The van der Waals surface area contributed by atoms with Crippen LogP contribution < -0.4 is 10.1 Å². The summed E-state index contributed by atoms with van der Waals surface area (Å²) in [5, 5.41) is 14.4. The van der Waals surface area contributed by atoms with E-state index >= 15 is 0 Å². The fourth-order valence-electron chi connectivity index (χ4n) is 3.17. The monoisotopic (exact) mass is 362 g/mol. The number of aromatic amines is 1. The molecule has 1 aromatic heterocycles. The van der Waals surface area contributed by atoms with Crippen LogP contribution >= 0.6 is 0 Å². The zero-order valence-electron chi connectivity index (χ0n) is 14.2. The van der Waals surface area contributed by atoms with Gasteiger partial charge in [0, 0.05) is 11.6 Å². The van der Waals surface area contributed by atoms with Crippen LogP contribution in [0.4, 0.5) is 11.4 Å². The number of nitro benzene ring substituents is 1. The Morgan fingerprint density at radius 2 is 1.93 bits per heavy atom. The fraction of sp³-hybridized carbons (Fsp3) is 0.0526. The molecule has 1 amide bonds. The lowest BCUT2D eigenvalue weighted by Crippen LogP contribution is -2.03. The van der Waals surface area contributed by atoms with Gasteiger partial charge in [0.2, 0.25) is 5.88 Å². The molecule has 2 N–H and O–H groups in total. The normalized spacial score (nSPS) is 14.1. The molecule has 0 atom stereocenters. The summed E-state index contributed by atoms with van der Waals surface area (Å²) in [6, 6.07) is 11.9. The quantitative estimate of drug-likeness (QED) is 0.419. The number of imidazole rings is 1. The number of hydrogen-bond acceptors (Lipinski definition) is 5. The minimum atomic E-state index is -0.445. The Labute approximate surface area is 153 Å². The van der Waals surface area contributed by atoms with Crippen molar-refractivity contribution in [2.24, 2.45) is 0 Å². The number of nitrogens with one attached hydrogen (secondary N) is 2. The van der Waals surface area contributed by atoms with Gasteiger partial charge in [0.1, 0.15) is 5.69 Å². The van der Waals surface area contributed by atoms with Gasteiger partial charge in [-0.25, -0.2) is 4.98 Å². The number of aromatic nitrogens is 2. The SMILES string of the molecule is COc1nc[nH]c1/C=C1\C(=O)Nc2ccc([N+](=O)[O-])c(-c3ccccc3)c21. The largest absolute Gasteiger partial charge is 0.479 e. The third kappa shape index (κ3) is 2.73. The zero-order chi connectivity index (χ0) is 19.0. The maximum atomic E-state index is 12.6. The first kappa shape index (κ1) is 16.5. The van der Waals surface area contributed by atoms with Crippen LogP contribution in [0.5, 0.6) is 5.88 Å². The molecule has 134 valence electrons. The van der Waals surface area contributed by atoms with Gasteiger partial charge in [-0.2, -0.15) is 0 Å². The summed E-state index contributed by atoms with van der Waals surface area (Å²) in [5.41, 5.74) is 2.78. The van der Waals surface area contributed by atoms with E-state index in [1.165, 1.54) is 19.5 Å². The van der Waals surface area contributed by atoms with E-state index < -0.39 is 4.92 Å². The summed E-state index contributed by atoms with van der Waals surface area (Å²) < 4.78 is 5.17. The van der Waals surface area contributed by atoms with E-state index in [9.17, 15) is 14.9 Å². The highest BCUT2D eigenvalue weighted by Crippen LogP contribution is 2.45. The van der Waals surface area contributed by atoms with E-state index in [1.807, 2.05) is 6.07 Å². The Kier molecular flexibility index (Phi) is 3.92. The summed E-state index contributed by atoms with van der Waals surface area (Å²) in [5.74, 6) is -0.0187. The van der Waals surface area contributed by atoms with E-state index in [0.29, 0.717) is 39.5 Å². The molecule has 0 aliphatic carbocycles. The second-order valence-electron chi connectivity index (χ2n) is 5.84. The standard InChI is InChI=1S/C19H14N4O4/c1-27-19-14(20-10-21-19)9-12-17-13(22-18(12)24)7-8-15(23(25)26)16(17)11-5-3-2-4-6-11/h2-10H,1H3,(H,20,21)(H,22,24)/b12-9-. The average molecular weight is 362 g/mol. The zero-order valence-corrected chi connectivity index (χ0v) is 14.2. The number of carbonyl (C=O) groups excluding carboxylic acids is 1. The Morgan fingerprint density at radius 3 is 2.63 bits per heavy atom. The highest BCUT2D eigenvalue weighted by molar-refractivity contribution is 6.36. The first-order chi connectivity index (χ1) is 13.1. The molecule has 1 aliphatic heterocycles. The number of hydrogen-bond donors (Lipinski definition) is 2. The summed E-state index contributed by atoms with van der Waals surface area (Å²) in [6.07, 6.45) is 3.04. The molecular weight excluding hydrogens is 348 g/mol. The summed E-state index contributed by atoms with van der Waals surface area (Å²) in [6.45, 7) is 0. The highest BCUT2D eigenvalue weighted by atomic mass is 16.6. The number of carbonyl (C=O) groups is 1. The number of ether oxygens (including phenoxy) is 1. The van der Waals surface area contributed by atoms with Crippen LogP contribution in [0.25, 0.3) is 22.8 Å². The molecule has 1 aliphatic rings. The van der Waals surface area contributed by atoms with Crippen molar-refractivity contribution in [3.63, 3.8) is 0 Å². The topological polar surface area (TPSA) is 110 Å². The molecule has 0 radical (unpaired) electrons. The first-order valence-corrected chi connectivity index (χ1v) is 8.07. The van der Waals surface area contributed by atoms with Crippen LogP contribution in [0.2, 0.25) is 0 Å². The number of methoxy groups -OCH3 is 1. The Morgan fingerprint density at radius 1 is 1.15 bits per heavy atom. The molecular formula is C19H14N4O4. The number of amides is 1. The average Bonchev–Trinajstić information content (AvgIpc) is 3.26. The van der Waals surface area contributed by atoms with E-state index in [1.54, 1.807) is 36.4 Å². The van der Waals surface area contributed by atoms with Gasteiger partial charge in [-0.3, -0.25) is 14.9 Å². The molecule has 0 unspecified atom stereocenters. The second kappa shape index (κ2) is 6.41. The second-order valence-corrected chi connectivity index (χ2v) is 5.84. The smallest absolute Gasteiger partial charge is 0.277 e. The van der Waals surface area contributed by atoms with Crippen LogP contribution in [0, 0.1) is 10.1 Å². The summed E-state index contributed by atoms with van der Waals surface area (Å²) in [4.78, 5) is 30.7. The van der Waals surface area contributed by atoms with Gasteiger partial charge in [0.25, 0.3) is 11.6 Å². The van der Waals surface area contributed by atoms with Gasteiger partial charge in [0.15, 0.2) is 0 Å². The Bertz CT molecular complexity index is 1090. The summed E-state index contributed by atoms with van der Waals surface area (Å²) >= 11 is 0. The number of anilines is 1. The Hall–Kier alpha value is -3.94. The van der Waals surface area contributed by atoms with Crippen molar-refractivity contribution in [1.29, 1.82) is 0 Å². The Balaban J connectivity index is 2.01. The number of benzene rings is 2. The number of fused-ring (bicyclic) bond motifs is 1. The lowest BCUT2D eigenvalue weighted by atomic mass is 9.93. The predicted molar refractivity (Wildman–Crippen MR) is 100 cm³/mol. The van der Waals surface area contributed by atoms with Crippen molar-refractivity contribution < 1.29 is 14.5 Å². The van der Waals surface area contributed by atoms with Crippen molar-refractivity contribution in [3.8, 4) is 17.0 Å². The molecule has 8 heteroatoms. The van der Waals surface area contributed by atoms with Crippen molar-refractivity contribution >= 4 is 28.9 Å². The molecule has 4 rings (SSSR count). The summed E-state index contributed by atoms with van der Waals surface area (Å²) in [7, 11) is 1.47. The molecule has 27 heavy (non-hydrogen) atoms. The number of H-pyrrole nitrogens is 1. The van der Waals surface area contributed by atoms with Gasteiger partial charge in [-0.1, -0.05) is 30.3 Å². The van der Waals surface area contributed by atoms with Gasteiger partial charge >= 0.3 is 0 Å². The number of nitrogens with zero attached hydrogens (tertiary/aromatic N) is 2. The fourth-order valence-corrected chi connectivity index (χ4v) is 3.17. The van der Waals surface area contributed by atoms with Crippen molar-refractivity contribution in [2.75, 3.05) is 12.4 Å². The van der Waals surface area contributed by atoms with E-state index in [2.05, 4.69) is 15.3 Å². The number of nitro groups is 1. The van der Waals surface area contributed by atoms with Gasteiger partial charge in [0.05, 0.1) is 35.2 Å². The van der Waals surface area contributed by atoms with Crippen LogP contribution in [-0.2, 0) is 4.79 Å². The van der Waals surface area contributed by atoms with Crippen molar-refractivity contribution in [2.45, 2.75) is 0 Å². The van der Waals surface area contributed by atoms with E-state index in [-0.39, 0.29) is 11.6 Å². The maximum Gasteiger partial charge on any atom is 0.277 e. The molecule has 0 saturated heterocycles. The van der Waals surface area contributed by atoms with Gasteiger partial charge < -0.3 is 15.0 Å². The third-order valence-corrected chi connectivity index (χ3v) is 4.32. The van der Waals surface area contributed by atoms with Gasteiger partial charge in [-0.15, -0.1) is 0 Å². The van der Waals surface area contributed by atoms with E-state index in [4.69, 9.17) is 4.74 Å². The third-order valence-electron chi connectivity index (χ3n) is 4.32. The first-order valence-electron chi connectivity index (χ1n) is 8.07. The lowest BCUT2D eigenvalue weighted by molar-refractivity contribution is -0.384. The molecule has 8 nitrogen and oxygen atoms in total. The van der Waals surface area contributed by atoms with Crippen LogP contribution in [0.3, 0.4) is 0 Å². The molecule has 0 saturated carbocycles. The maximum absolute atomic E-state index is 12.6. The number of rotatable bonds is 4. The minimum absolute atomic E-state index is 0.0704. The van der Waals surface area contributed by atoms with Crippen LogP contribution in [0.1, 0.15) is 11.3 Å². The van der Waals surface area contributed by atoms with Gasteiger partial charge in [-0.05, 0) is 17.7 Å². The van der Waals surface area contributed by atoms with Crippen molar-refractivity contribution in [1.82, 2.24) is 9.97 Å². The molecule has 0 spiro atoms. The highest BCUT2D eigenvalue weighted by Gasteiger charge is 2.32. The van der Waals surface area contributed by atoms with Crippen molar-refractivity contribution in [3.05, 3.63) is 70.2 Å². The molecule has 0 bridgehead atoms. The minimum Gasteiger partial charge on any atom is -0.479 e. The molecule has 2 aromatic carbocycles. The molecule has 0 fully saturated rings. The molecule has 3 aromatic rings. The predicted octanol–water partition coefficient (Wildman–Crippen LogP) is 3.49. The van der Waals surface area contributed by atoms with Crippen LogP contribution in [-0.4, -0.2) is 27.9 Å². The molecule has 2 heterocycles. The van der Waals surface area contributed by atoms with E-state index in [0.717, 1.165) is 0 Å². The van der Waals surface area contributed by atoms with Crippen LogP contribution in [0.15, 0.2) is 48.8 Å². The lowest BCUT2D eigenvalue weighted by Gasteiger charge is -2.09.